The fourth-order valence-electron chi connectivity index (χ4n) is 2.87. The first-order chi connectivity index (χ1) is 13.0. The van der Waals surface area contributed by atoms with Crippen LogP contribution in [0.4, 0.5) is 20.5 Å². The molecule has 0 aliphatic carbocycles. The molecule has 4 aromatic rings. The summed E-state index contributed by atoms with van der Waals surface area (Å²) in [6.07, 6.45) is 0. The first-order valence-electron chi connectivity index (χ1n) is 8.26. The number of aryl methyl sites for hydroxylation is 1. The molecule has 8 heteroatoms. The molecule has 0 saturated heterocycles. The van der Waals surface area contributed by atoms with Crippen LogP contribution in [-0.2, 0) is 13.6 Å². The van der Waals surface area contributed by atoms with Gasteiger partial charge in [-0.2, -0.15) is 10.1 Å². The van der Waals surface area contributed by atoms with Gasteiger partial charge in [-0.1, -0.05) is 24.3 Å². The predicted octanol–water partition coefficient (Wildman–Crippen LogP) is 3.50. The lowest BCUT2D eigenvalue weighted by Crippen LogP contribution is -2.05. The normalized spacial score (nSPS) is 11.1. The molecular formula is C19H16F2N6. The summed E-state index contributed by atoms with van der Waals surface area (Å²) in [5.41, 5.74) is 7.83. The van der Waals surface area contributed by atoms with Crippen molar-refractivity contribution in [3.8, 4) is 11.3 Å². The molecule has 27 heavy (non-hydrogen) atoms. The summed E-state index contributed by atoms with van der Waals surface area (Å²) in [6, 6.07) is 12.5. The molecule has 0 aliphatic heterocycles. The standard InChI is InChI=1S/C19H16F2N6/c1-27-17(22)15-16(13-7-2-3-8-14(13)21)24-19(25-18(15)26-27)23-10-11-5-4-6-12(20)9-11/h2-9H,10,22H2,1H3,(H,23,25,26). The summed E-state index contributed by atoms with van der Waals surface area (Å²) in [4.78, 5) is 8.81. The van der Waals surface area contributed by atoms with Crippen molar-refractivity contribution < 1.29 is 8.78 Å². The van der Waals surface area contributed by atoms with Crippen LogP contribution in [0.2, 0.25) is 0 Å². The summed E-state index contributed by atoms with van der Waals surface area (Å²) < 4.78 is 29.2. The zero-order valence-corrected chi connectivity index (χ0v) is 14.4. The Bertz CT molecular complexity index is 1140. The van der Waals surface area contributed by atoms with Gasteiger partial charge in [0.2, 0.25) is 5.95 Å². The van der Waals surface area contributed by atoms with Gasteiger partial charge in [0.25, 0.3) is 0 Å². The Morgan fingerprint density at radius 2 is 1.89 bits per heavy atom. The first-order valence-corrected chi connectivity index (χ1v) is 8.26. The van der Waals surface area contributed by atoms with Gasteiger partial charge in [-0.05, 0) is 29.8 Å². The molecule has 0 atom stereocenters. The number of nitrogens with zero attached hydrogens (tertiary/aromatic N) is 4. The van der Waals surface area contributed by atoms with Crippen LogP contribution in [0.3, 0.4) is 0 Å². The molecule has 0 radical (unpaired) electrons. The van der Waals surface area contributed by atoms with Gasteiger partial charge in [-0.15, -0.1) is 0 Å². The minimum absolute atomic E-state index is 0.253. The van der Waals surface area contributed by atoms with Crippen LogP contribution in [0, 0.1) is 11.6 Å². The molecule has 4 rings (SSSR count). The smallest absolute Gasteiger partial charge is 0.225 e. The van der Waals surface area contributed by atoms with E-state index in [-0.39, 0.29) is 11.8 Å². The SMILES string of the molecule is Cn1nc2nc(NCc3cccc(F)c3)nc(-c3ccccc3F)c2c1N. The predicted molar refractivity (Wildman–Crippen MR) is 99.8 cm³/mol. The number of rotatable bonds is 4. The summed E-state index contributed by atoms with van der Waals surface area (Å²) >= 11 is 0. The Balaban J connectivity index is 1.80. The van der Waals surface area contributed by atoms with Crippen LogP contribution in [-0.4, -0.2) is 19.7 Å². The lowest BCUT2D eigenvalue weighted by molar-refractivity contribution is 0.625. The van der Waals surface area contributed by atoms with Gasteiger partial charge in [-0.3, -0.25) is 4.68 Å². The van der Waals surface area contributed by atoms with E-state index in [1.165, 1.54) is 22.9 Å². The van der Waals surface area contributed by atoms with Gasteiger partial charge in [0.1, 0.15) is 17.5 Å². The Morgan fingerprint density at radius 3 is 2.67 bits per heavy atom. The van der Waals surface area contributed by atoms with Crippen molar-refractivity contribution in [1.29, 1.82) is 0 Å². The van der Waals surface area contributed by atoms with Crippen molar-refractivity contribution in [2.24, 2.45) is 7.05 Å². The monoisotopic (exact) mass is 366 g/mol. The molecule has 0 amide bonds. The molecule has 0 spiro atoms. The molecule has 0 saturated carbocycles. The lowest BCUT2D eigenvalue weighted by atomic mass is 10.1. The second-order valence-electron chi connectivity index (χ2n) is 6.07. The number of benzene rings is 2. The van der Waals surface area contributed by atoms with E-state index in [0.717, 1.165) is 5.56 Å². The molecule has 3 N–H and O–H groups in total. The quantitative estimate of drug-likeness (QED) is 0.578. The average Bonchev–Trinajstić information content (AvgIpc) is 2.94. The van der Waals surface area contributed by atoms with Crippen LogP contribution >= 0.6 is 0 Å². The Morgan fingerprint density at radius 1 is 1.07 bits per heavy atom. The Hall–Kier alpha value is -3.55. The van der Waals surface area contributed by atoms with Crippen molar-refractivity contribution in [2.45, 2.75) is 6.54 Å². The number of nitrogen functional groups attached to an aromatic ring is 1. The van der Waals surface area contributed by atoms with E-state index in [9.17, 15) is 8.78 Å². The number of fused-ring (bicyclic) bond motifs is 1. The third kappa shape index (κ3) is 3.17. The number of halogens is 2. The highest BCUT2D eigenvalue weighted by atomic mass is 19.1. The summed E-state index contributed by atoms with van der Waals surface area (Å²) in [7, 11) is 1.68. The van der Waals surface area contributed by atoms with Crippen molar-refractivity contribution in [2.75, 3.05) is 11.1 Å². The number of anilines is 2. The third-order valence-corrected chi connectivity index (χ3v) is 4.21. The largest absolute Gasteiger partial charge is 0.383 e. The lowest BCUT2D eigenvalue weighted by Gasteiger charge is -2.09. The molecule has 0 bridgehead atoms. The third-order valence-electron chi connectivity index (χ3n) is 4.21. The number of hydrogen-bond donors (Lipinski definition) is 2. The van der Waals surface area contributed by atoms with E-state index < -0.39 is 5.82 Å². The maximum Gasteiger partial charge on any atom is 0.225 e. The van der Waals surface area contributed by atoms with Gasteiger partial charge in [-0.25, -0.2) is 13.8 Å². The first kappa shape index (κ1) is 16.9. The van der Waals surface area contributed by atoms with E-state index in [1.807, 2.05) is 0 Å². The highest BCUT2D eigenvalue weighted by Gasteiger charge is 2.19. The molecule has 2 aromatic heterocycles. The van der Waals surface area contributed by atoms with Crippen LogP contribution in [0.5, 0.6) is 0 Å². The van der Waals surface area contributed by atoms with Crippen molar-refractivity contribution >= 4 is 22.8 Å². The molecule has 136 valence electrons. The Kier molecular flexibility index (Phi) is 4.15. The van der Waals surface area contributed by atoms with Crippen LogP contribution in [0.15, 0.2) is 48.5 Å². The number of aromatic nitrogens is 4. The van der Waals surface area contributed by atoms with E-state index in [1.54, 1.807) is 37.4 Å². The summed E-state index contributed by atoms with van der Waals surface area (Å²) in [5, 5.41) is 7.80. The van der Waals surface area contributed by atoms with Crippen LogP contribution in [0.1, 0.15) is 5.56 Å². The fraction of sp³-hybridized carbons (Fsp3) is 0.105. The molecule has 2 aromatic carbocycles. The second-order valence-corrected chi connectivity index (χ2v) is 6.07. The van der Waals surface area contributed by atoms with E-state index in [4.69, 9.17) is 5.73 Å². The van der Waals surface area contributed by atoms with Crippen molar-refractivity contribution in [1.82, 2.24) is 19.7 Å². The topological polar surface area (TPSA) is 81.7 Å². The van der Waals surface area contributed by atoms with Gasteiger partial charge in [0.05, 0.1) is 11.1 Å². The van der Waals surface area contributed by atoms with Gasteiger partial charge in [0.15, 0.2) is 5.65 Å². The second kappa shape index (κ2) is 6.64. The zero-order valence-electron chi connectivity index (χ0n) is 14.4. The van der Waals surface area contributed by atoms with E-state index >= 15 is 0 Å². The zero-order chi connectivity index (χ0) is 19.0. The Labute approximate surface area is 153 Å². The summed E-state index contributed by atoms with van der Waals surface area (Å²) in [6.45, 7) is 0.308. The average molecular weight is 366 g/mol. The van der Waals surface area contributed by atoms with Crippen molar-refractivity contribution in [3.05, 3.63) is 65.7 Å². The molecule has 0 aliphatic rings. The number of nitrogens with one attached hydrogen (secondary N) is 1. The van der Waals surface area contributed by atoms with E-state index in [0.29, 0.717) is 34.7 Å². The molecule has 6 nitrogen and oxygen atoms in total. The molecule has 0 fully saturated rings. The van der Waals surface area contributed by atoms with Gasteiger partial charge in [0, 0.05) is 19.2 Å². The maximum atomic E-state index is 14.4. The van der Waals surface area contributed by atoms with Crippen LogP contribution in [0.25, 0.3) is 22.3 Å². The van der Waals surface area contributed by atoms with Gasteiger partial charge < -0.3 is 11.1 Å². The molecule has 0 unspecified atom stereocenters. The number of nitrogens with two attached hydrogens (primary N) is 1. The minimum Gasteiger partial charge on any atom is -0.383 e. The number of hydrogen-bond acceptors (Lipinski definition) is 5. The highest BCUT2D eigenvalue weighted by molar-refractivity contribution is 5.98. The van der Waals surface area contributed by atoms with Gasteiger partial charge >= 0.3 is 0 Å². The molecular weight excluding hydrogens is 350 g/mol. The van der Waals surface area contributed by atoms with Crippen LogP contribution < -0.4 is 11.1 Å². The highest BCUT2D eigenvalue weighted by Crippen LogP contribution is 2.32. The van der Waals surface area contributed by atoms with Crippen molar-refractivity contribution in [3.63, 3.8) is 0 Å². The maximum absolute atomic E-state index is 14.4. The summed E-state index contributed by atoms with van der Waals surface area (Å²) in [5.74, 6) is -0.143. The van der Waals surface area contributed by atoms with E-state index in [2.05, 4.69) is 20.4 Å². The minimum atomic E-state index is -0.420. The fourth-order valence-corrected chi connectivity index (χ4v) is 2.87. The molecule has 2 heterocycles.